The summed E-state index contributed by atoms with van der Waals surface area (Å²) in [6.45, 7) is 4.06. The summed E-state index contributed by atoms with van der Waals surface area (Å²) in [4.78, 5) is 12.2. The van der Waals surface area contributed by atoms with Crippen LogP contribution in [0.1, 0.15) is 33.2 Å². The Hall–Kier alpha value is -2.33. The van der Waals surface area contributed by atoms with Gasteiger partial charge in [0, 0.05) is 12.1 Å². The average molecular weight is 299 g/mol. The second-order valence-electron chi connectivity index (χ2n) is 5.25. The first kappa shape index (κ1) is 16.0. The van der Waals surface area contributed by atoms with Crippen LogP contribution < -0.4 is 10.1 Å². The lowest BCUT2D eigenvalue weighted by Crippen LogP contribution is -2.29. The molecule has 0 aliphatic heterocycles. The Kier molecular flexibility index (Phi) is 5.17. The Morgan fingerprint density at radius 1 is 1.18 bits per heavy atom. The van der Waals surface area contributed by atoms with Gasteiger partial charge in [-0.1, -0.05) is 24.3 Å². The fraction of sp³-hybridized carbons (Fsp3) is 0.278. The molecule has 0 heterocycles. The second-order valence-corrected chi connectivity index (χ2v) is 5.25. The summed E-state index contributed by atoms with van der Waals surface area (Å²) >= 11 is 0. The summed E-state index contributed by atoms with van der Waals surface area (Å²) in [5.74, 6) is 0.559. The third kappa shape index (κ3) is 3.65. The number of ether oxygens (including phenoxy) is 1. The summed E-state index contributed by atoms with van der Waals surface area (Å²) in [5.41, 5.74) is 3.41. The number of amides is 1. The van der Waals surface area contributed by atoms with E-state index < -0.39 is 6.10 Å². The molecule has 0 aliphatic rings. The largest absolute Gasteiger partial charge is 0.497 e. The number of rotatable bonds is 5. The van der Waals surface area contributed by atoms with E-state index >= 15 is 0 Å². The minimum Gasteiger partial charge on any atom is -0.497 e. The van der Waals surface area contributed by atoms with Gasteiger partial charge in [0.15, 0.2) is 0 Å². The molecule has 0 aliphatic carbocycles. The van der Waals surface area contributed by atoms with Crippen molar-refractivity contribution in [2.75, 3.05) is 13.7 Å². The van der Waals surface area contributed by atoms with Crippen LogP contribution in [0.15, 0.2) is 42.5 Å². The third-order valence-electron chi connectivity index (χ3n) is 3.81. The van der Waals surface area contributed by atoms with Gasteiger partial charge in [-0.15, -0.1) is 0 Å². The van der Waals surface area contributed by atoms with E-state index in [1.54, 1.807) is 37.4 Å². The van der Waals surface area contributed by atoms with Crippen molar-refractivity contribution in [2.24, 2.45) is 0 Å². The van der Waals surface area contributed by atoms with Crippen molar-refractivity contribution >= 4 is 5.91 Å². The molecule has 4 nitrogen and oxygen atoms in total. The van der Waals surface area contributed by atoms with E-state index in [1.165, 1.54) is 0 Å². The Balaban J connectivity index is 1.99. The standard InChI is InChI=1S/C18H21NO3/c1-12-5-4-6-16(13(12)2)18(21)19-11-17(20)14-7-9-15(22-3)10-8-14/h4-10,17,20H,11H2,1-3H3,(H,19,21). The topological polar surface area (TPSA) is 58.6 Å². The average Bonchev–Trinajstić information content (AvgIpc) is 2.55. The predicted molar refractivity (Wildman–Crippen MR) is 86.2 cm³/mol. The number of aryl methyl sites for hydroxylation is 1. The van der Waals surface area contributed by atoms with Gasteiger partial charge in [-0.2, -0.15) is 0 Å². The fourth-order valence-corrected chi connectivity index (χ4v) is 2.23. The molecule has 1 atom stereocenters. The van der Waals surface area contributed by atoms with Gasteiger partial charge in [0.1, 0.15) is 5.75 Å². The number of nitrogens with one attached hydrogen (secondary N) is 1. The normalized spacial score (nSPS) is 11.8. The number of aliphatic hydroxyl groups excluding tert-OH is 1. The van der Waals surface area contributed by atoms with E-state index in [2.05, 4.69) is 5.32 Å². The van der Waals surface area contributed by atoms with Crippen molar-refractivity contribution < 1.29 is 14.6 Å². The summed E-state index contributed by atoms with van der Waals surface area (Å²) in [5, 5.41) is 12.9. The van der Waals surface area contributed by atoms with Crippen LogP contribution >= 0.6 is 0 Å². The SMILES string of the molecule is COc1ccc(C(O)CNC(=O)c2cccc(C)c2C)cc1. The zero-order chi connectivity index (χ0) is 16.1. The zero-order valence-corrected chi connectivity index (χ0v) is 13.1. The number of aliphatic hydroxyl groups is 1. The molecule has 2 aromatic rings. The summed E-state index contributed by atoms with van der Waals surface area (Å²) in [7, 11) is 1.59. The van der Waals surface area contributed by atoms with Crippen LogP contribution in [-0.2, 0) is 0 Å². The van der Waals surface area contributed by atoms with E-state index in [1.807, 2.05) is 26.0 Å². The van der Waals surface area contributed by atoms with Crippen molar-refractivity contribution in [3.8, 4) is 5.75 Å². The monoisotopic (exact) mass is 299 g/mol. The Morgan fingerprint density at radius 3 is 2.50 bits per heavy atom. The van der Waals surface area contributed by atoms with E-state index in [-0.39, 0.29) is 12.5 Å². The number of carbonyl (C=O) groups excluding carboxylic acids is 1. The second kappa shape index (κ2) is 7.09. The maximum atomic E-state index is 12.2. The van der Waals surface area contributed by atoms with Gasteiger partial charge in [-0.3, -0.25) is 4.79 Å². The molecule has 0 radical (unpaired) electrons. The minimum atomic E-state index is -0.750. The number of benzene rings is 2. The third-order valence-corrected chi connectivity index (χ3v) is 3.81. The zero-order valence-electron chi connectivity index (χ0n) is 13.1. The van der Waals surface area contributed by atoms with Gasteiger partial charge < -0.3 is 15.2 Å². The highest BCUT2D eigenvalue weighted by atomic mass is 16.5. The molecular formula is C18H21NO3. The number of carbonyl (C=O) groups is 1. The molecule has 2 rings (SSSR count). The van der Waals surface area contributed by atoms with Crippen molar-refractivity contribution in [1.82, 2.24) is 5.32 Å². The number of hydrogen-bond donors (Lipinski definition) is 2. The van der Waals surface area contributed by atoms with E-state index in [0.29, 0.717) is 5.56 Å². The van der Waals surface area contributed by atoms with Crippen molar-refractivity contribution in [3.05, 3.63) is 64.7 Å². The highest BCUT2D eigenvalue weighted by Gasteiger charge is 2.13. The van der Waals surface area contributed by atoms with Gasteiger partial charge in [-0.25, -0.2) is 0 Å². The highest BCUT2D eigenvalue weighted by molar-refractivity contribution is 5.95. The Morgan fingerprint density at radius 2 is 1.86 bits per heavy atom. The number of hydrogen-bond acceptors (Lipinski definition) is 3. The molecular weight excluding hydrogens is 278 g/mol. The molecule has 2 N–H and O–H groups in total. The Labute approximate surface area is 130 Å². The van der Waals surface area contributed by atoms with Gasteiger partial charge in [0.05, 0.1) is 13.2 Å². The molecule has 22 heavy (non-hydrogen) atoms. The van der Waals surface area contributed by atoms with Crippen LogP contribution in [0.3, 0.4) is 0 Å². The fourth-order valence-electron chi connectivity index (χ4n) is 2.23. The molecule has 0 saturated carbocycles. The maximum absolute atomic E-state index is 12.2. The predicted octanol–water partition coefficient (Wildman–Crippen LogP) is 2.78. The first-order valence-corrected chi connectivity index (χ1v) is 7.19. The van der Waals surface area contributed by atoms with Crippen LogP contribution in [0.5, 0.6) is 5.75 Å². The molecule has 116 valence electrons. The minimum absolute atomic E-state index is 0.165. The van der Waals surface area contributed by atoms with Gasteiger partial charge in [-0.05, 0) is 48.7 Å². The van der Waals surface area contributed by atoms with Crippen LogP contribution in [0.4, 0.5) is 0 Å². The van der Waals surface area contributed by atoms with E-state index in [0.717, 1.165) is 22.4 Å². The van der Waals surface area contributed by atoms with Crippen LogP contribution in [-0.4, -0.2) is 24.7 Å². The maximum Gasteiger partial charge on any atom is 0.251 e. The molecule has 4 heteroatoms. The smallest absolute Gasteiger partial charge is 0.251 e. The molecule has 0 saturated heterocycles. The summed E-state index contributed by atoms with van der Waals surface area (Å²) in [6, 6.07) is 12.8. The van der Waals surface area contributed by atoms with Crippen LogP contribution in [0.25, 0.3) is 0 Å². The summed E-state index contributed by atoms with van der Waals surface area (Å²) < 4.78 is 5.08. The van der Waals surface area contributed by atoms with Crippen molar-refractivity contribution in [2.45, 2.75) is 20.0 Å². The van der Waals surface area contributed by atoms with E-state index in [4.69, 9.17) is 4.74 Å². The van der Waals surface area contributed by atoms with Gasteiger partial charge in [0.2, 0.25) is 0 Å². The molecule has 2 aromatic carbocycles. The van der Waals surface area contributed by atoms with E-state index in [9.17, 15) is 9.90 Å². The molecule has 0 bridgehead atoms. The van der Waals surface area contributed by atoms with Gasteiger partial charge >= 0.3 is 0 Å². The van der Waals surface area contributed by atoms with Gasteiger partial charge in [0.25, 0.3) is 5.91 Å². The lowest BCUT2D eigenvalue weighted by molar-refractivity contribution is 0.0915. The van der Waals surface area contributed by atoms with Crippen LogP contribution in [0.2, 0.25) is 0 Å². The molecule has 1 unspecified atom stereocenters. The molecule has 0 fully saturated rings. The first-order valence-electron chi connectivity index (χ1n) is 7.19. The Bertz CT molecular complexity index is 650. The highest BCUT2D eigenvalue weighted by Crippen LogP contribution is 2.17. The molecule has 0 aromatic heterocycles. The lowest BCUT2D eigenvalue weighted by atomic mass is 10.0. The van der Waals surface area contributed by atoms with Crippen molar-refractivity contribution in [1.29, 1.82) is 0 Å². The van der Waals surface area contributed by atoms with Crippen molar-refractivity contribution in [3.63, 3.8) is 0 Å². The summed E-state index contributed by atoms with van der Waals surface area (Å²) in [6.07, 6.45) is -0.750. The molecule has 0 spiro atoms. The lowest BCUT2D eigenvalue weighted by Gasteiger charge is -2.14. The quantitative estimate of drug-likeness (QED) is 0.892. The first-order chi connectivity index (χ1) is 10.5. The van der Waals surface area contributed by atoms with Crippen LogP contribution in [0, 0.1) is 13.8 Å². The molecule has 1 amide bonds. The number of methoxy groups -OCH3 is 1.